The topological polar surface area (TPSA) is 9.23 Å². The summed E-state index contributed by atoms with van der Waals surface area (Å²) in [5.41, 5.74) is 0. The second-order valence-corrected chi connectivity index (χ2v) is 3.52. The van der Waals surface area contributed by atoms with Crippen LogP contribution in [-0.2, 0) is 4.74 Å². The van der Waals surface area contributed by atoms with E-state index in [2.05, 4.69) is 12.2 Å². The highest BCUT2D eigenvalue weighted by atomic mass is 35.5. The Balaban J connectivity index is 2.16. The first-order valence-corrected chi connectivity index (χ1v) is 4.73. The molecule has 0 saturated heterocycles. The zero-order valence-electron chi connectivity index (χ0n) is 7.42. The molecule has 0 aromatic heterocycles. The zero-order valence-corrected chi connectivity index (χ0v) is 8.18. The molecule has 0 fully saturated rings. The van der Waals surface area contributed by atoms with Crippen LogP contribution >= 0.6 is 11.6 Å². The van der Waals surface area contributed by atoms with Gasteiger partial charge in [-0.2, -0.15) is 0 Å². The fourth-order valence-electron chi connectivity index (χ4n) is 1.34. The van der Waals surface area contributed by atoms with Crippen LogP contribution < -0.4 is 0 Å². The molecule has 1 aliphatic rings. The highest BCUT2D eigenvalue weighted by Gasteiger charge is 2.06. The van der Waals surface area contributed by atoms with E-state index in [0.717, 1.165) is 24.5 Å². The smallest absolute Gasteiger partial charge is 0.0462 e. The Hall–Kier alpha value is -0.270. The average molecular weight is 187 g/mol. The van der Waals surface area contributed by atoms with E-state index < -0.39 is 0 Å². The van der Waals surface area contributed by atoms with E-state index in [0.29, 0.717) is 5.92 Å². The SMILES string of the molecule is COCCC[C@H]1C=CC(Cl)=CC1. The van der Waals surface area contributed by atoms with Gasteiger partial charge in [-0.1, -0.05) is 23.8 Å². The van der Waals surface area contributed by atoms with Crippen LogP contribution in [0.15, 0.2) is 23.3 Å². The normalized spacial score (nSPS) is 22.5. The third kappa shape index (κ3) is 3.42. The van der Waals surface area contributed by atoms with Gasteiger partial charge in [0.1, 0.15) is 0 Å². The predicted molar refractivity (Wildman–Crippen MR) is 52.3 cm³/mol. The van der Waals surface area contributed by atoms with Crippen molar-refractivity contribution >= 4 is 11.6 Å². The van der Waals surface area contributed by atoms with Crippen molar-refractivity contribution in [3.05, 3.63) is 23.3 Å². The quantitative estimate of drug-likeness (QED) is 0.613. The van der Waals surface area contributed by atoms with Gasteiger partial charge in [0.05, 0.1) is 0 Å². The first-order chi connectivity index (χ1) is 5.83. The molecule has 0 unspecified atom stereocenters. The highest BCUT2D eigenvalue weighted by molar-refractivity contribution is 6.31. The maximum absolute atomic E-state index is 5.79. The summed E-state index contributed by atoms with van der Waals surface area (Å²) in [7, 11) is 1.74. The summed E-state index contributed by atoms with van der Waals surface area (Å²) in [4.78, 5) is 0. The summed E-state index contributed by atoms with van der Waals surface area (Å²) in [6.45, 7) is 0.863. The van der Waals surface area contributed by atoms with Crippen LogP contribution in [0.1, 0.15) is 19.3 Å². The minimum atomic E-state index is 0.669. The lowest BCUT2D eigenvalue weighted by atomic mass is 9.96. The van der Waals surface area contributed by atoms with Crippen LogP contribution in [0.5, 0.6) is 0 Å². The fraction of sp³-hybridized carbons (Fsp3) is 0.600. The molecule has 12 heavy (non-hydrogen) atoms. The maximum Gasteiger partial charge on any atom is 0.0462 e. The Kier molecular flexibility index (Phi) is 4.41. The Morgan fingerprint density at radius 2 is 2.50 bits per heavy atom. The molecule has 68 valence electrons. The van der Waals surface area contributed by atoms with E-state index in [4.69, 9.17) is 16.3 Å². The number of allylic oxidation sites excluding steroid dienone is 4. The lowest BCUT2D eigenvalue weighted by Gasteiger charge is -2.13. The van der Waals surface area contributed by atoms with E-state index in [1.54, 1.807) is 7.11 Å². The van der Waals surface area contributed by atoms with E-state index in [-0.39, 0.29) is 0 Å². The largest absolute Gasteiger partial charge is 0.385 e. The molecule has 0 spiro atoms. The van der Waals surface area contributed by atoms with Gasteiger partial charge < -0.3 is 4.74 Å². The van der Waals surface area contributed by atoms with Crippen LogP contribution in [-0.4, -0.2) is 13.7 Å². The highest BCUT2D eigenvalue weighted by Crippen LogP contribution is 2.22. The molecule has 1 nitrogen and oxygen atoms in total. The standard InChI is InChI=1S/C10H15ClO/c1-12-8-2-3-9-4-6-10(11)7-5-9/h4,6-7,9H,2-3,5,8H2,1H3/t9-/m0/s1. The summed E-state index contributed by atoms with van der Waals surface area (Å²) in [6.07, 6.45) is 9.68. The van der Waals surface area contributed by atoms with Gasteiger partial charge in [0.15, 0.2) is 0 Å². The Bertz CT molecular complexity index is 184. The molecule has 0 bridgehead atoms. The molecule has 0 N–H and O–H groups in total. The molecule has 1 aliphatic carbocycles. The van der Waals surface area contributed by atoms with Crippen LogP contribution in [0.3, 0.4) is 0 Å². The molecule has 2 heteroatoms. The summed E-state index contributed by atoms with van der Waals surface area (Å²) in [5.74, 6) is 0.669. The molecule has 0 aliphatic heterocycles. The van der Waals surface area contributed by atoms with Gasteiger partial charge in [0.2, 0.25) is 0 Å². The molecular weight excluding hydrogens is 172 g/mol. The Morgan fingerprint density at radius 3 is 3.08 bits per heavy atom. The van der Waals surface area contributed by atoms with Crippen molar-refractivity contribution in [2.75, 3.05) is 13.7 Å². The number of methoxy groups -OCH3 is 1. The zero-order chi connectivity index (χ0) is 8.81. The number of rotatable bonds is 4. The third-order valence-electron chi connectivity index (χ3n) is 2.07. The number of halogens is 1. The second kappa shape index (κ2) is 5.39. The van der Waals surface area contributed by atoms with Crippen LogP contribution in [0.25, 0.3) is 0 Å². The van der Waals surface area contributed by atoms with E-state index in [1.807, 2.05) is 6.08 Å². The lowest BCUT2D eigenvalue weighted by molar-refractivity contribution is 0.189. The number of hydrogen-bond acceptors (Lipinski definition) is 1. The molecule has 0 saturated carbocycles. The van der Waals surface area contributed by atoms with Crippen molar-refractivity contribution in [2.24, 2.45) is 5.92 Å². The van der Waals surface area contributed by atoms with Gasteiger partial charge in [-0.3, -0.25) is 0 Å². The van der Waals surface area contributed by atoms with Crippen molar-refractivity contribution in [2.45, 2.75) is 19.3 Å². The molecular formula is C10H15ClO. The number of hydrogen-bond donors (Lipinski definition) is 0. The molecule has 0 radical (unpaired) electrons. The van der Waals surface area contributed by atoms with Gasteiger partial charge >= 0.3 is 0 Å². The second-order valence-electron chi connectivity index (χ2n) is 3.08. The van der Waals surface area contributed by atoms with Crippen LogP contribution in [0.4, 0.5) is 0 Å². The van der Waals surface area contributed by atoms with Crippen molar-refractivity contribution in [1.29, 1.82) is 0 Å². The molecule has 1 atom stereocenters. The van der Waals surface area contributed by atoms with Gasteiger partial charge in [-0.25, -0.2) is 0 Å². The van der Waals surface area contributed by atoms with Crippen molar-refractivity contribution in [1.82, 2.24) is 0 Å². The monoisotopic (exact) mass is 186 g/mol. The van der Waals surface area contributed by atoms with E-state index in [9.17, 15) is 0 Å². The summed E-state index contributed by atoms with van der Waals surface area (Å²) in [6, 6.07) is 0. The van der Waals surface area contributed by atoms with Crippen molar-refractivity contribution in [3.63, 3.8) is 0 Å². The van der Waals surface area contributed by atoms with Gasteiger partial charge in [-0.05, 0) is 31.3 Å². The minimum absolute atomic E-state index is 0.669. The molecule has 0 aromatic carbocycles. The van der Waals surface area contributed by atoms with E-state index in [1.165, 1.54) is 6.42 Å². The lowest BCUT2D eigenvalue weighted by Crippen LogP contribution is -2.00. The summed E-state index contributed by atoms with van der Waals surface area (Å²) < 4.78 is 4.99. The number of ether oxygens (including phenoxy) is 1. The first-order valence-electron chi connectivity index (χ1n) is 4.35. The maximum atomic E-state index is 5.79. The van der Waals surface area contributed by atoms with Crippen molar-refractivity contribution in [3.8, 4) is 0 Å². The minimum Gasteiger partial charge on any atom is -0.385 e. The molecule has 0 aromatic rings. The molecule has 0 amide bonds. The Morgan fingerprint density at radius 1 is 1.67 bits per heavy atom. The van der Waals surface area contributed by atoms with Crippen LogP contribution in [0, 0.1) is 5.92 Å². The summed E-state index contributed by atoms with van der Waals surface area (Å²) in [5, 5.41) is 0.873. The predicted octanol–water partition coefficient (Wildman–Crippen LogP) is 3.11. The Labute approximate surface area is 79.1 Å². The van der Waals surface area contributed by atoms with Crippen molar-refractivity contribution < 1.29 is 4.74 Å². The molecule has 1 rings (SSSR count). The average Bonchev–Trinajstić information content (AvgIpc) is 2.09. The van der Waals surface area contributed by atoms with Gasteiger partial charge in [-0.15, -0.1) is 0 Å². The first kappa shape index (κ1) is 9.82. The fourth-order valence-corrected chi connectivity index (χ4v) is 1.50. The van der Waals surface area contributed by atoms with E-state index >= 15 is 0 Å². The van der Waals surface area contributed by atoms with Crippen LogP contribution in [0.2, 0.25) is 0 Å². The van der Waals surface area contributed by atoms with Gasteiger partial charge in [0.25, 0.3) is 0 Å². The third-order valence-corrected chi connectivity index (χ3v) is 2.35. The van der Waals surface area contributed by atoms with Gasteiger partial charge in [0, 0.05) is 18.7 Å². The summed E-state index contributed by atoms with van der Waals surface area (Å²) >= 11 is 5.79. The molecule has 0 heterocycles.